The molecule has 0 heterocycles. The standard InChI is InChI=1S/C26H31F5O/c1-2-3-4-5-6-7-18-8-10-19(11-9-18)20-12-14-22(15-13-20)32-26(30,31)21-16-23(27)25(29)24(28)17-21/h12-19H,2-11H2,1H3. The average molecular weight is 455 g/mol. The number of hydrogen-bond acceptors (Lipinski definition) is 1. The molecule has 0 atom stereocenters. The van der Waals surface area contributed by atoms with Gasteiger partial charge in [-0.2, -0.15) is 8.78 Å². The Labute approximate surface area is 187 Å². The van der Waals surface area contributed by atoms with Crippen molar-refractivity contribution in [2.75, 3.05) is 0 Å². The van der Waals surface area contributed by atoms with Crippen molar-refractivity contribution in [1.82, 2.24) is 0 Å². The molecule has 0 amide bonds. The fraction of sp³-hybridized carbons (Fsp3) is 0.538. The molecule has 0 aromatic heterocycles. The minimum atomic E-state index is -3.99. The summed E-state index contributed by atoms with van der Waals surface area (Å²) in [5, 5.41) is 0. The van der Waals surface area contributed by atoms with E-state index in [0.717, 1.165) is 24.3 Å². The van der Waals surface area contributed by atoms with Crippen molar-refractivity contribution in [2.24, 2.45) is 5.92 Å². The summed E-state index contributed by atoms with van der Waals surface area (Å²) in [7, 11) is 0. The zero-order valence-corrected chi connectivity index (χ0v) is 18.5. The number of ether oxygens (including phenoxy) is 1. The molecule has 0 unspecified atom stereocenters. The van der Waals surface area contributed by atoms with Crippen LogP contribution in [0.3, 0.4) is 0 Å². The van der Waals surface area contributed by atoms with Gasteiger partial charge in [-0.25, -0.2) is 13.2 Å². The molecule has 0 aliphatic heterocycles. The lowest BCUT2D eigenvalue weighted by Gasteiger charge is -2.29. The Morgan fingerprint density at radius 3 is 2.03 bits per heavy atom. The monoisotopic (exact) mass is 454 g/mol. The van der Waals surface area contributed by atoms with Crippen molar-refractivity contribution >= 4 is 0 Å². The van der Waals surface area contributed by atoms with Crippen LogP contribution in [0.1, 0.15) is 88.2 Å². The zero-order chi connectivity index (χ0) is 23.1. The molecule has 3 rings (SSSR count). The van der Waals surface area contributed by atoms with E-state index >= 15 is 0 Å². The summed E-state index contributed by atoms with van der Waals surface area (Å²) in [5.41, 5.74) is 0.00641. The van der Waals surface area contributed by atoms with E-state index in [2.05, 4.69) is 11.7 Å². The molecule has 1 nitrogen and oxygen atoms in total. The van der Waals surface area contributed by atoms with Gasteiger partial charge in [0.25, 0.3) is 0 Å². The third kappa shape index (κ3) is 6.46. The topological polar surface area (TPSA) is 9.23 Å². The summed E-state index contributed by atoms with van der Waals surface area (Å²) >= 11 is 0. The average Bonchev–Trinajstić information content (AvgIpc) is 2.78. The Hall–Kier alpha value is -2.11. The quantitative estimate of drug-likeness (QED) is 0.198. The molecule has 32 heavy (non-hydrogen) atoms. The first-order valence-electron chi connectivity index (χ1n) is 11.6. The molecule has 2 aromatic rings. The smallest absolute Gasteiger partial charge is 0.426 e. The number of hydrogen-bond donors (Lipinski definition) is 0. The van der Waals surface area contributed by atoms with Crippen LogP contribution in [0.5, 0.6) is 5.75 Å². The van der Waals surface area contributed by atoms with Gasteiger partial charge in [-0.15, -0.1) is 0 Å². The van der Waals surface area contributed by atoms with E-state index in [1.165, 1.54) is 63.5 Å². The normalized spacial score (nSPS) is 19.2. The van der Waals surface area contributed by atoms with Gasteiger partial charge in [-0.3, -0.25) is 0 Å². The van der Waals surface area contributed by atoms with E-state index in [1.807, 2.05) is 0 Å². The molecule has 6 heteroatoms. The SMILES string of the molecule is CCCCCCCC1CCC(c2ccc(OC(F)(F)c3cc(F)c(F)c(F)c3)cc2)CC1. The van der Waals surface area contributed by atoms with E-state index in [1.54, 1.807) is 12.1 Å². The molecule has 0 N–H and O–H groups in total. The second kappa shape index (κ2) is 11.2. The van der Waals surface area contributed by atoms with Gasteiger partial charge in [-0.1, -0.05) is 57.6 Å². The van der Waals surface area contributed by atoms with E-state index < -0.39 is 29.1 Å². The van der Waals surface area contributed by atoms with Crippen LogP contribution in [0.4, 0.5) is 22.0 Å². The first-order chi connectivity index (χ1) is 15.3. The van der Waals surface area contributed by atoms with Crippen LogP contribution in [-0.2, 0) is 6.11 Å². The van der Waals surface area contributed by atoms with Crippen LogP contribution in [0.15, 0.2) is 36.4 Å². The number of unbranched alkanes of at least 4 members (excludes halogenated alkanes) is 4. The summed E-state index contributed by atoms with van der Waals surface area (Å²) in [4.78, 5) is 0. The van der Waals surface area contributed by atoms with Crippen LogP contribution >= 0.6 is 0 Å². The maximum atomic E-state index is 14.3. The lowest BCUT2D eigenvalue weighted by Crippen LogP contribution is -2.22. The summed E-state index contributed by atoms with van der Waals surface area (Å²) in [6.45, 7) is 2.22. The molecule has 0 saturated heterocycles. The minimum absolute atomic E-state index is 0.121. The zero-order valence-electron chi connectivity index (χ0n) is 18.5. The number of halogens is 5. The van der Waals surface area contributed by atoms with Gasteiger partial charge in [0.15, 0.2) is 17.5 Å². The molecule has 1 aliphatic rings. The summed E-state index contributed by atoms with van der Waals surface area (Å²) < 4.78 is 73.0. The van der Waals surface area contributed by atoms with Gasteiger partial charge in [-0.05, 0) is 67.3 Å². The third-order valence-electron chi connectivity index (χ3n) is 6.48. The first kappa shape index (κ1) is 24.5. The molecule has 1 saturated carbocycles. The van der Waals surface area contributed by atoms with Gasteiger partial charge in [0.1, 0.15) is 5.75 Å². The van der Waals surface area contributed by atoms with E-state index in [9.17, 15) is 22.0 Å². The van der Waals surface area contributed by atoms with Crippen LogP contribution in [0, 0.1) is 23.4 Å². The number of rotatable bonds is 10. The van der Waals surface area contributed by atoms with Gasteiger partial charge in [0.05, 0.1) is 5.56 Å². The highest BCUT2D eigenvalue weighted by molar-refractivity contribution is 5.31. The van der Waals surface area contributed by atoms with Crippen molar-refractivity contribution in [2.45, 2.75) is 83.2 Å². The van der Waals surface area contributed by atoms with Crippen LogP contribution < -0.4 is 4.74 Å². The van der Waals surface area contributed by atoms with Gasteiger partial charge in [0.2, 0.25) is 0 Å². The number of alkyl halides is 2. The molecule has 1 aliphatic carbocycles. The highest BCUT2D eigenvalue weighted by atomic mass is 19.3. The van der Waals surface area contributed by atoms with E-state index in [0.29, 0.717) is 5.92 Å². The van der Waals surface area contributed by atoms with Gasteiger partial charge in [0, 0.05) is 0 Å². The second-order valence-corrected chi connectivity index (χ2v) is 8.86. The van der Waals surface area contributed by atoms with Crippen LogP contribution in [0.25, 0.3) is 0 Å². The molecule has 0 spiro atoms. The molecular weight excluding hydrogens is 423 g/mol. The highest BCUT2D eigenvalue weighted by Gasteiger charge is 2.36. The fourth-order valence-corrected chi connectivity index (χ4v) is 4.56. The van der Waals surface area contributed by atoms with Crippen molar-refractivity contribution in [1.29, 1.82) is 0 Å². The Morgan fingerprint density at radius 2 is 1.44 bits per heavy atom. The Kier molecular flexibility index (Phi) is 8.55. The van der Waals surface area contributed by atoms with Crippen molar-refractivity contribution in [3.8, 4) is 5.75 Å². The third-order valence-corrected chi connectivity index (χ3v) is 6.48. The fourth-order valence-electron chi connectivity index (χ4n) is 4.56. The molecule has 0 radical (unpaired) electrons. The minimum Gasteiger partial charge on any atom is -0.429 e. The predicted octanol–water partition coefficient (Wildman–Crippen LogP) is 8.87. The lowest BCUT2D eigenvalue weighted by atomic mass is 9.77. The largest absolute Gasteiger partial charge is 0.429 e. The van der Waals surface area contributed by atoms with Crippen LogP contribution in [-0.4, -0.2) is 0 Å². The summed E-state index contributed by atoms with van der Waals surface area (Å²) in [5.74, 6) is -4.10. The highest BCUT2D eigenvalue weighted by Crippen LogP contribution is 2.39. The second-order valence-electron chi connectivity index (χ2n) is 8.86. The summed E-state index contributed by atoms with van der Waals surface area (Å²) in [6.07, 6.45) is 8.38. The number of benzene rings is 2. The molecule has 176 valence electrons. The predicted molar refractivity (Wildman–Crippen MR) is 115 cm³/mol. The van der Waals surface area contributed by atoms with Gasteiger partial charge < -0.3 is 4.74 Å². The van der Waals surface area contributed by atoms with Crippen molar-refractivity contribution < 1.29 is 26.7 Å². The van der Waals surface area contributed by atoms with Crippen molar-refractivity contribution in [3.63, 3.8) is 0 Å². The Bertz CT molecular complexity index is 834. The molecule has 2 aromatic carbocycles. The van der Waals surface area contributed by atoms with E-state index in [-0.39, 0.29) is 17.9 Å². The van der Waals surface area contributed by atoms with E-state index in [4.69, 9.17) is 0 Å². The molecule has 0 bridgehead atoms. The lowest BCUT2D eigenvalue weighted by molar-refractivity contribution is -0.185. The Morgan fingerprint density at radius 1 is 0.844 bits per heavy atom. The first-order valence-corrected chi connectivity index (χ1v) is 11.6. The molecular formula is C26H31F5O. The van der Waals surface area contributed by atoms with Crippen molar-refractivity contribution in [3.05, 3.63) is 65.0 Å². The Balaban J connectivity index is 1.52. The maximum absolute atomic E-state index is 14.3. The van der Waals surface area contributed by atoms with Gasteiger partial charge >= 0.3 is 6.11 Å². The maximum Gasteiger partial charge on any atom is 0.426 e. The molecule has 1 fully saturated rings. The van der Waals surface area contributed by atoms with Crippen LogP contribution in [0.2, 0.25) is 0 Å². The summed E-state index contributed by atoms with van der Waals surface area (Å²) in [6, 6.07) is 6.92.